The van der Waals surface area contributed by atoms with Gasteiger partial charge in [-0.25, -0.2) is 9.07 Å². The molecule has 0 bridgehead atoms. The molecular weight excluding hydrogens is 325 g/mol. The lowest BCUT2D eigenvalue weighted by Gasteiger charge is -2.05. The van der Waals surface area contributed by atoms with Crippen LogP contribution in [0.1, 0.15) is 47.4 Å². The first kappa shape index (κ1) is 17.1. The van der Waals surface area contributed by atoms with Crippen molar-refractivity contribution in [1.82, 2.24) is 15.1 Å². The third-order valence-corrected chi connectivity index (χ3v) is 4.32. The quantitative estimate of drug-likeness (QED) is 0.755. The Labute approximate surface area is 144 Å². The highest BCUT2D eigenvalue weighted by Gasteiger charge is 2.26. The minimum absolute atomic E-state index is 0.102. The van der Waals surface area contributed by atoms with Crippen molar-refractivity contribution in [3.63, 3.8) is 0 Å². The zero-order valence-electron chi connectivity index (χ0n) is 13.8. The molecule has 0 saturated carbocycles. The summed E-state index contributed by atoms with van der Waals surface area (Å²) in [7, 11) is 0. The van der Waals surface area contributed by atoms with Gasteiger partial charge in [0.05, 0.1) is 5.69 Å². The Morgan fingerprint density at radius 1 is 1.20 bits per heavy atom. The molecule has 1 amide bonds. The summed E-state index contributed by atoms with van der Waals surface area (Å²) in [4.78, 5) is 22.9. The first-order valence-electron chi connectivity index (χ1n) is 8.43. The average Bonchev–Trinajstić information content (AvgIpc) is 3.17. The average molecular weight is 345 g/mol. The van der Waals surface area contributed by atoms with E-state index in [1.165, 1.54) is 12.1 Å². The fourth-order valence-corrected chi connectivity index (χ4v) is 3.10. The van der Waals surface area contributed by atoms with Crippen molar-refractivity contribution in [2.24, 2.45) is 0 Å². The van der Waals surface area contributed by atoms with Crippen LogP contribution in [0.4, 0.5) is 4.39 Å². The van der Waals surface area contributed by atoms with Gasteiger partial charge >= 0.3 is 5.97 Å². The molecule has 25 heavy (non-hydrogen) atoms. The Hall–Kier alpha value is -2.70. The third-order valence-electron chi connectivity index (χ3n) is 4.32. The monoisotopic (exact) mass is 345 g/mol. The summed E-state index contributed by atoms with van der Waals surface area (Å²) >= 11 is 0. The Bertz CT molecular complexity index is 784. The summed E-state index contributed by atoms with van der Waals surface area (Å²) in [6, 6.07) is 6.05. The zero-order chi connectivity index (χ0) is 17.8. The van der Waals surface area contributed by atoms with Gasteiger partial charge in [-0.1, -0.05) is 0 Å². The van der Waals surface area contributed by atoms with Gasteiger partial charge in [-0.05, 0) is 56.4 Å². The molecule has 1 aliphatic rings. The highest BCUT2D eigenvalue weighted by atomic mass is 19.1. The minimum Gasteiger partial charge on any atom is -0.481 e. The molecule has 6 nitrogen and oxygen atoms in total. The molecule has 1 heterocycles. The van der Waals surface area contributed by atoms with Crippen LogP contribution in [0.2, 0.25) is 0 Å². The number of aromatic nitrogens is 2. The van der Waals surface area contributed by atoms with Crippen LogP contribution in [-0.4, -0.2) is 33.3 Å². The van der Waals surface area contributed by atoms with E-state index in [0.29, 0.717) is 25.1 Å². The van der Waals surface area contributed by atoms with E-state index in [2.05, 4.69) is 10.4 Å². The third kappa shape index (κ3) is 3.87. The molecule has 0 unspecified atom stereocenters. The molecule has 0 fully saturated rings. The van der Waals surface area contributed by atoms with Crippen molar-refractivity contribution >= 4 is 11.9 Å². The van der Waals surface area contributed by atoms with Crippen molar-refractivity contribution in [3.05, 3.63) is 47.0 Å². The molecule has 0 saturated heterocycles. The van der Waals surface area contributed by atoms with Crippen molar-refractivity contribution in [1.29, 1.82) is 0 Å². The summed E-state index contributed by atoms with van der Waals surface area (Å²) in [5.41, 5.74) is 3.10. The first-order valence-corrected chi connectivity index (χ1v) is 8.43. The Morgan fingerprint density at radius 2 is 1.96 bits per heavy atom. The van der Waals surface area contributed by atoms with Gasteiger partial charge in [-0.2, -0.15) is 5.10 Å². The molecule has 0 spiro atoms. The SMILES string of the molecule is O=C(O)CCCCNC(=O)c1nn(-c2ccc(F)cc2)c2c1CCC2. The molecule has 1 aliphatic carbocycles. The second-order valence-electron chi connectivity index (χ2n) is 6.12. The van der Waals surface area contributed by atoms with Crippen LogP contribution >= 0.6 is 0 Å². The van der Waals surface area contributed by atoms with E-state index < -0.39 is 5.97 Å². The van der Waals surface area contributed by atoms with E-state index in [1.807, 2.05) is 0 Å². The number of aliphatic carboxylic acids is 1. The molecular formula is C18H20FN3O3. The number of carbonyl (C=O) groups excluding carboxylic acids is 1. The molecule has 0 radical (unpaired) electrons. The van der Waals surface area contributed by atoms with E-state index in [1.54, 1.807) is 16.8 Å². The highest BCUT2D eigenvalue weighted by Crippen LogP contribution is 2.27. The van der Waals surface area contributed by atoms with Gasteiger partial charge in [0.2, 0.25) is 0 Å². The largest absolute Gasteiger partial charge is 0.481 e. The van der Waals surface area contributed by atoms with Gasteiger partial charge in [0.1, 0.15) is 5.82 Å². The summed E-state index contributed by atoms with van der Waals surface area (Å²) in [6.45, 7) is 0.421. The lowest BCUT2D eigenvalue weighted by molar-refractivity contribution is -0.137. The van der Waals surface area contributed by atoms with Crippen molar-refractivity contribution in [2.75, 3.05) is 6.54 Å². The van der Waals surface area contributed by atoms with Crippen LogP contribution in [0, 0.1) is 5.82 Å². The molecule has 0 atom stereocenters. The maximum absolute atomic E-state index is 13.1. The second-order valence-corrected chi connectivity index (χ2v) is 6.12. The molecule has 3 rings (SSSR count). The van der Waals surface area contributed by atoms with E-state index in [-0.39, 0.29) is 18.1 Å². The highest BCUT2D eigenvalue weighted by molar-refractivity contribution is 5.94. The smallest absolute Gasteiger partial charge is 0.303 e. The molecule has 132 valence electrons. The molecule has 2 aromatic rings. The standard InChI is InChI=1S/C18H20FN3O3/c19-12-7-9-13(10-8-12)22-15-5-3-4-14(15)17(21-22)18(25)20-11-2-1-6-16(23)24/h7-10H,1-6,11H2,(H,20,25)(H,23,24). The predicted molar refractivity (Wildman–Crippen MR) is 89.4 cm³/mol. The number of hydrogen-bond acceptors (Lipinski definition) is 3. The molecule has 0 aliphatic heterocycles. The molecule has 1 aromatic carbocycles. The Morgan fingerprint density at radius 3 is 2.68 bits per heavy atom. The number of carboxylic acid groups (broad SMARTS) is 1. The number of halogens is 1. The number of nitrogens with one attached hydrogen (secondary N) is 1. The molecule has 2 N–H and O–H groups in total. The summed E-state index contributed by atoms with van der Waals surface area (Å²) in [5.74, 6) is -1.39. The van der Waals surface area contributed by atoms with E-state index in [4.69, 9.17) is 5.11 Å². The van der Waals surface area contributed by atoms with E-state index in [9.17, 15) is 14.0 Å². The van der Waals surface area contributed by atoms with Gasteiger partial charge in [0.15, 0.2) is 5.69 Å². The van der Waals surface area contributed by atoms with E-state index in [0.717, 1.165) is 36.2 Å². The van der Waals surface area contributed by atoms with Gasteiger partial charge < -0.3 is 10.4 Å². The van der Waals surface area contributed by atoms with Crippen LogP contribution in [-0.2, 0) is 17.6 Å². The maximum Gasteiger partial charge on any atom is 0.303 e. The van der Waals surface area contributed by atoms with Gasteiger partial charge in [-0.3, -0.25) is 9.59 Å². The van der Waals surface area contributed by atoms with Crippen LogP contribution < -0.4 is 5.32 Å². The second kappa shape index (κ2) is 7.46. The number of benzene rings is 1. The van der Waals surface area contributed by atoms with Crippen LogP contribution in [0.3, 0.4) is 0 Å². The van der Waals surface area contributed by atoms with E-state index >= 15 is 0 Å². The van der Waals surface area contributed by atoms with Crippen LogP contribution in [0.15, 0.2) is 24.3 Å². The summed E-state index contributed by atoms with van der Waals surface area (Å²) < 4.78 is 14.9. The number of amides is 1. The first-order chi connectivity index (χ1) is 12.1. The normalized spacial score (nSPS) is 12.8. The van der Waals surface area contributed by atoms with Crippen LogP contribution in [0.25, 0.3) is 5.69 Å². The molecule has 1 aromatic heterocycles. The Balaban J connectivity index is 1.72. The van der Waals surface area contributed by atoms with Crippen molar-refractivity contribution < 1.29 is 19.1 Å². The predicted octanol–water partition coefficient (Wildman–Crippen LogP) is 2.48. The zero-order valence-corrected chi connectivity index (χ0v) is 13.8. The number of nitrogens with zero attached hydrogens (tertiary/aromatic N) is 2. The van der Waals surface area contributed by atoms with Crippen LogP contribution in [0.5, 0.6) is 0 Å². The van der Waals surface area contributed by atoms with Gasteiger partial charge in [0, 0.05) is 24.2 Å². The molecule has 7 heteroatoms. The lowest BCUT2D eigenvalue weighted by atomic mass is 10.2. The number of fused-ring (bicyclic) bond motifs is 1. The van der Waals surface area contributed by atoms with Crippen molar-refractivity contribution in [3.8, 4) is 5.69 Å². The summed E-state index contributed by atoms with van der Waals surface area (Å²) in [6.07, 6.45) is 3.85. The number of unbranched alkanes of at least 4 members (excludes halogenated alkanes) is 1. The topological polar surface area (TPSA) is 84.2 Å². The number of carboxylic acids is 1. The lowest BCUT2D eigenvalue weighted by Crippen LogP contribution is -2.26. The Kier molecular flexibility index (Phi) is 5.11. The number of carbonyl (C=O) groups is 2. The fourth-order valence-electron chi connectivity index (χ4n) is 3.10. The maximum atomic E-state index is 13.1. The van der Waals surface area contributed by atoms with Gasteiger partial charge in [-0.15, -0.1) is 0 Å². The summed E-state index contributed by atoms with van der Waals surface area (Å²) in [5, 5.41) is 15.9. The minimum atomic E-state index is -0.831. The number of rotatable bonds is 7. The van der Waals surface area contributed by atoms with Crippen molar-refractivity contribution in [2.45, 2.75) is 38.5 Å². The van der Waals surface area contributed by atoms with Gasteiger partial charge in [0.25, 0.3) is 5.91 Å². The fraction of sp³-hybridized carbons (Fsp3) is 0.389. The number of hydrogen-bond donors (Lipinski definition) is 2.